The van der Waals surface area contributed by atoms with Crippen LogP contribution in [0.3, 0.4) is 0 Å². The molecule has 242 valence electrons. The van der Waals surface area contributed by atoms with Gasteiger partial charge in [0.1, 0.15) is 35.1 Å². The number of aromatic nitrogens is 2. The summed E-state index contributed by atoms with van der Waals surface area (Å²) in [4.78, 5) is 63.4. The van der Waals surface area contributed by atoms with Crippen LogP contribution in [0.5, 0.6) is 5.75 Å². The number of halogens is 1. The van der Waals surface area contributed by atoms with Crippen LogP contribution in [0.15, 0.2) is 40.7 Å². The summed E-state index contributed by atoms with van der Waals surface area (Å²) in [6.45, 7) is 7.90. The van der Waals surface area contributed by atoms with Gasteiger partial charge in [-0.3, -0.25) is 14.5 Å². The molecule has 0 spiro atoms. The lowest BCUT2D eigenvalue weighted by molar-refractivity contribution is -0.179. The summed E-state index contributed by atoms with van der Waals surface area (Å²) in [6, 6.07) is 5.95. The van der Waals surface area contributed by atoms with Gasteiger partial charge in [-0.15, -0.1) is 23.4 Å². The van der Waals surface area contributed by atoms with Gasteiger partial charge >= 0.3 is 11.9 Å². The summed E-state index contributed by atoms with van der Waals surface area (Å²) in [5.74, 6) is -2.03. The number of nitrogens with one attached hydrogen (secondary N) is 1. The molecule has 3 N–H and O–H groups in total. The third kappa shape index (κ3) is 7.86. The number of alkyl halides is 1. The van der Waals surface area contributed by atoms with E-state index in [1.807, 2.05) is 0 Å². The van der Waals surface area contributed by atoms with E-state index in [9.17, 15) is 19.2 Å². The second kappa shape index (κ2) is 13.6. The van der Waals surface area contributed by atoms with Crippen molar-refractivity contribution in [2.24, 2.45) is 5.16 Å². The number of hydrogen-bond acceptors (Lipinski definition) is 14. The van der Waals surface area contributed by atoms with Gasteiger partial charge in [0.25, 0.3) is 11.8 Å². The van der Waals surface area contributed by atoms with Gasteiger partial charge in [0.05, 0.1) is 7.11 Å². The quantitative estimate of drug-likeness (QED) is 0.116. The molecule has 0 bridgehead atoms. The summed E-state index contributed by atoms with van der Waals surface area (Å²) in [7, 11) is 1.55. The molecule has 0 aliphatic carbocycles. The minimum Gasteiger partial charge on any atom is -0.497 e. The number of anilines is 1. The number of oxime groups is 1. The number of β-lactam (4-membered cyclic amide) rings is 1. The summed E-state index contributed by atoms with van der Waals surface area (Å²) < 4.78 is 20.1. The number of rotatable bonds is 11. The molecule has 0 saturated carbocycles. The number of benzene rings is 1. The molecule has 2 amide bonds. The van der Waals surface area contributed by atoms with Crippen molar-refractivity contribution in [2.75, 3.05) is 24.5 Å². The average Bonchev–Trinajstić information content (AvgIpc) is 3.42. The van der Waals surface area contributed by atoms with Crippen molar-refractivity contribution < 1.29 is 38.2 Å². The number of hydrogen-bond donors (Lipinski definition) is 2. The summed E-state index contributed by atoms with van der Waals surface area (Å²) >= 11 is 8.27. The Hall–Kier alpha value is -3.89. The van der Waals surface area contributed by atoms with Gasteiger partial charge in [0, 0.05) is 23.2 Å². The van der Waals surface area contributed by atoms with Crippen molar-refractivity contribution >= 4 is 69.5 Å². The van der Waals surface area contributed by atoms with Crippen LogP contribution in [0.25, 0.3) is 0 Å². The topological polar surface area (TPSA) is 185 Å². The van der Waals surface area contributed by atoms with E-state index >= 15 is 0 Å². The van der Waals surface area contributed by atoms with Gasteiger partial charge in [-0.2, -0.15) is 9.36 Å². The van der Waals surface area contributed by atoms with Crippen LogP contribution < -0.4 is 15.8 Å². The van der Waals surface area contributed by atoms with E-state index in [2.05, 4.69) is 19.8 Å². The Balaban J connectivity index is 1.49. The number of nitrogens with zero attached hydrogens (tertiary/aromatic N) is 4. The third-order valence-electron chi connectivity index (χ3n) is 6.34. The maximum atomic E-state index is 13.5. The standard InChI is InChI=1S/C28H33ClN6O8S2/c1-27(2,3)42-25(39)28(4,5)43-33-17(20-32-26(30)45-34-20)21(36)31-18-22(37)35-19(15(11-29)13-44-23(18)35)24(38)41-12-14-7-9-16(40-6)10-8-14/h7-10,18,23H,11-13H2,1-6H3,(H,31,36)(H2,30,32,34)/b33-17-. The largest absolute Gasteiger partial charge is 0.497 e. The molecule has 2 atom stereocenters. The lowest BCUT2D eigenvalue weighted by Crippen LogP contribution is -2.71. The summed E-state index contributed by atoms with van der Waals surface area (Å²) in [6.07, 6.45) is 0. The van der Waals surface area contributed by atoms with Crippen LogP contribution in [0.2, 0.25) is 0 Å². The smallest absolute Gasteiger partial charge is 0.355 e. The molecule has 1 fully saturated rings. The highest BCUT2D eigenvalue weighted by atomic mass is 35.5. The minimum absolute atomic E-state index is 0.00594. The van der Waals surface area contributed by atoms with Crippen LogP contribution in [0.1, 0.15) is 46.0 Å². The highest BCUT2D eigenvalue weighted by Crippen LogP contribution is 2.41. The highest BCUT2D eigenvalue weighted by molar-refractivity contribution is 8.00. The highest BCUT2D eigenvalue weighted by Gasteiger charge is 2.54. The number of methoxy groups -OCH3 is 1. The van der Waals surface area contributed by atoms with Crippen molar-refractivity contribution in [1.82, 2.24) is 19.6 Å². The second-order valence-corrected chi connectivity index (χ2v) is 13.5. The van der Waals surface area contributed by atoms with Crippen molar-refractivity contribution in [1.29, 1.82) is 0 Å². The van der Waals surface area contributed by atoms with Gasteiger partial charge in [-0.05, 0) is 57.9 Å². The van der Waals surface area contributed by atoms with Crippen molar-refractivity contribution in [2.45, 2.75) is 63.8 Å². The zero-order chi connectivity index (χ0) is 33.1. The molecule has 2 aliphatic heterocycles. The fourth-order valence-corrected chi connectivity index (χ4v) is 6.15. The van der Waals surface area contributed by atoms with Crippen LogP contribution in [-0.4, -0.2) is 85.1 Å². The third-order valence-corrected chi connectivity index (χ3v) is 8.55. The molecule has 45 heavy (non-hydrogen) atoms. The molecule has 1 saturated heterocycles. The van der Waals surface area contributed by atoms with E-state index in [4.69, 9.17) is 36.4 Å². The maximum absolute atomic E-state index is 13.5. The fourth-order valence-electron chi connectivity index (χ4n) is 4.04. The van der Waals surface area contributed by atoms with E-state index in [0.29, 0.717) is 17.1 Å². The first kappa shape index (κ1) is 34.0. The molecule has 2 aromatic rings. The van der Waals surface area contributed by atoms with Gasteiger partial charge in [0.2, 0.25) is 17.1 Å². The Morgan fingerprint density at radius 1 is 1.18 bits per heavy atom. The molecule has 1 aromatic carbocycles. The summed E-state index contributed by atoms with van der Waals surface area (Å²) in [5.41, 5.74) is 4.22. The molecule has 4 rings (SSSR count). The molecule has 1 aromatic heterocycles. The van der Waals surface area contributed by atoms with Gasteiger partial charge < -0.3 is 30.1 Å². The minimum atomic E-state index is -1.59. The number of fused-ring (bicyclic) bond motifs is 1. The number of ether oxygens (including phenoxy) is 3. The van der Waals surface area contributed by atoms with Gasteiger partial charge in [-0.1, -0.05) is 17.3 Å². The lowest BCUT2D eigenvalue weighted by Gasteiger charge is -2.49. The maximum Gasteiger partial charge on any atom is 0.355 e. The van der Waals surface area contributed by atoms with Gasteiger partial charge in [-0.25, -0.2) is 9.59 Å². The first-order valence-corrected chi connectivity index (χ1v) is 15.9. The van der Waals surface area contributed by atoms with Crippen molar-refractivity contribution in [3.8, 4) is 5.75 Å². The fraction of sp³-hybridized carbons (Fsp3) is 0.464. The van der Waals surface area contributed by atoms with E-state index in [1.54, 1.807) is 52.1 Å². The molecule has 14 nitrogen and oxygen atoms in total. The molecular weight excluding hydrogens is 648 g/mol. The molecule has 2 aliphatic rings. The first-order valence-electron chi connectivity index (χ1n) is 13.6. The Morgan fingerprint density at radius 3 is 2.44 bits per heavy atom. The second-order valence-electron chi connectivity index (χ2n) is 11.4. The van der Waals surface area contributed by atoms with Gasteiger partial charge in [0.15, 0.2) is 5.13 Å². The number of thioether (sulfide) groups is 1. The van der Waals surface area contributed by atoms with Crippen LogP contribution in [-0.2, 0) is 40.1 Å². The average molecular weight is 681 g/mol. The first-order chi connectivity index (χ1) is 21.1. The molecule has 2 unspecified atom stereocenters. The Morgan fingerprint density at radius 2 is 1.87 bits per heavy atom. The van der Waals surface area contributed by atoms with Crippen LogP contribution in [0, 0.1) is 0 Å². The number of esters is 2. The van der Waals surface area contributed by atoms with E-state index in [1.165, 1.54) is 30.5 Å². The predicted octanol–water partition coefficient (Wildman–Crippen LogP) is 2.61. The molecular formula is C28H33ClN6O8S2. The predicted molar refractivity (Wildman–Crippen MR) is 167 cm³/mol. The Labute approximate surface area is 272 Å². The van der Waals surface area contributed by atoms with Crippen molar-refractivity contribution in [3.63, 3.8) is 0 Å². The molecule has 3 heterocycles. The Bertz CT molecular complexity index is 1540. The van der Waals surface area contributed by atoms with Crippen LogP contribution in [0.4, 0.5) is 5.13 Å². The SMILES string of the molecule is COc1ccc(COC(=O)C2=C(CCl)CSC3C(NC(=O)/C(=N\OC(C)(C)C(=O)OC(C)(C)C)c4nsc(N)n4)C(=O)N23)cc1. The number of carbonyl (C=O) groups excluding carboxylic acids is 4. The van der Waals surface area contributed by atoms with E-state index < -0.39 is 52.1 Å². The Kier molecular flexibility index (Phi) is 10.3. The summed E-state index contributed by atoms with van der Waals surface area (Å²) in [5, 5.41) is 5.94. The zero-order valence-electron chi connectivity index (χ0n) is 25.4. The normalized spacial score (nSPS) is 18.5. The number of nitrogens with two attached hydrogens (primary N) is 1. The van der Waals surface area contributed by atoms with Crippen molar-refractivity contribution in [3.05, 3.63) is 46.9 Å². The van der Waals surface area contributed by atoms with E-state index in [0.717, 1.165) is 17.1 Å². The number of carbonyl (C=O) groups is 4. The lowest BCUT2D eigenvalue weighted by atomic mass is 10.0. The van der Waals surface area contributed by atoms with Crippen LogP contribution >= 0.6 is 34.9 Å². The molecule has 17 heteroatoms. The number of nitrogen functional groups attached to an aromatic ring is 1. The molecule has 0 radical (unpaired) electrons. The van der Waals surface area contributed by atoms with E-state index in [-0.39, 0.29) is 29.1 Å². The monoisotopic (exact) mass is 680 g/mol. The number of amides is 2. The zero-order valence-corrected chi connectivity index (χ0v) is 27.8.